The summed E-state index contributed by atoms with van der Waals surface area (Å²) in [4.78, 5) is 9.49. The summed E-state index contributed by atoms with van der Waals surface area (Å²) < 4.78 is 10.8. The second-order valence-corrected chi connectivity index (χ2v) is 6.32. The lowest BCUT2D eigenvalue weighted by atomic mass is 10.0. The third-order valence-electron chi connectivity index (χ3n) is 4.44. The Hall–Kier alpha value is -3.40. The maximum atomic E-state index is 5.39. The van der Waals surface area contributed by atoms with Gasteiger partial charge < -0.3 is 9.47 Å². The molecule has 0 fully saturated rings. The van der Waals surface area contributed by atoms with Crippen LogP contribution in [0.15, 0.2) is 82.8 Å². The zero-order valence-electron chi connectivity index (χ0n) is 16.6. The highest BCUT2D eigenvalue weighted by molar-refractivity contribution is 6.05. The first-order valence-corrected chi connectivity index (χ1v) is 9.10. The van der Waals surface area contributed by atoms with Crippen molar-refractivity contribution >= 4 is 22.8 Å². The molecule has 0 amide bonds. The van der Waals surface area contributed by atoms with Crippen LogP contribution in [0.4, 0.5) is 11.4 Å². The summed E-state index contributed by atoms with van der Waals surface area (Å²) in [6, 6.07) is 23.7. The third-order valence-corrected chi connectivity index (χ3v) is 4.44. The molecule has 3 aromatic carbocycles. The Morgan fingerprint density at radius 3 is 1.46 bits per heavy atom. The van der Waals surface area contributed by atoms with Crippen molar-refractivity contribution in [3.05, 3.63) is 83.9 Å². The number of para-hydroxylation sites is 4. The Morgan fingerprint density at radius 2 is 1.04 bits per heavy atom. The zero-order chi connectivity index (χ0) is 19.9. The van der Waals surface area contributed by atoms with Gasteiger partial charge in [0.15, 0.2) is 0 Å². The minimum Gasteiger partial charge on any atom is -0.494 e. The minimum atomic E-state index is 0.756. The molecule has 0 N–H and O–H groups in total. The Balaban J connectivity index is 1.93. The van der Waals surface area contributed by atoms with E-state index in [2.05, 4.69) is 6.07 Å². The first-order valence-electron chi connectivity index (χ1n) is 9.10. The molecular weight excluding hydrogens is 348 g/mol. The summed E-state index contributed by atoms with van der Waals surface area (Å²) >= 11 is 0. The van der Waals surface area contributed by atoms with Gasteiger partial charge in [0.05, 0.1) is 14.2 Å². The molecule has 0 radical (unpaired) electrons. The summed E-state index contributed by atoms with van der Waals surface area (Å²) in [5.74, 6) is 1.51. The number of hydrogen-bond acceptors (Lipinski definition) is 4. The van der Waals surface area contributed by atoms with Crippen molar-refractivity contribution in [2.24, 2.45) is 9.98 Å². The van der Waals surface area contributed by atoms with Crippen molar-refractivity contribution < 1.29 is 9.47 Å². The van der Waals surface area contributed by atoms with Crippen LogP contribution in [0.3, 0.4) is 0 Å². The molecule has 0 aliphatic carbocycles. The Morgan fingerprint density at radius 1 is 0.607 bits per heavy atom. The average molecular weight is 372 g/mol. The molecular formula is C24H24N2O2. The molecule has 4 heteroatoms. The summed E-state index contributed by atoms with van der Waals surface area (Å²) in [7, 11) is 3.31. The largest absolute Gasteiger partial charge is 0.494 e. The first kappa shape index (κ1) is 19.4. The number of ether oxygens (including phenoxy) is 2. The van der Waals surface area contributed by atoms with Gasteiger partial charge in [-0.3, -0.25) is 0 Å². The van der Waals surface area contributed by atoms with Gasteiger partial charge in [0.2, 0.25) is 0 Å². The van der Waals surface area contributed by atoms with Crippen LogP contribution in [0.25, 0.3) is 0 Å². The van der Waals surface area contributed by atoms with Crippen LogP contribution in [0, 0.1) is 0 Å². The normalized spacial score (nSPS) is 12.0. The summed E-state index contributed by atoms with van der Waals surface area (Å²) in [6.45, 7) is 4.00. The van der Waals surface area contributed by atoms with E-state index >= 15 is 0 Å². The number of aliphatic imine (C=N–C) groups is 2. The van der Waals surface area contributed by atoms with Crippen LogP contribution >= 0.6 is 0 Å². The molecule has 28 heavy (non-hydrogen) atoms. The van der Waals surface area contributed by atoms with Crippen molar-refractivity contribution in [3.8, 4) is 11.5 Å². The third kappa shape index (κ3) is 4.46. The average Bonchev–Trinajstić information content (AvgIpc) is 2.74. The molecule has 0 heterocycles. The quantitative estimate of drug-likeness (QED) is 0.499. The van der Waals surface area contributed by atoms with Gasteiger partial charge in [-0.15, -0.1) is 0 Å². The smallest absolute Gasteiger partial charge is 0.144 e. The van der Waals surface area contributed by atoms with Crippen LogP contribution in [0.5, 0.6) is 11.5 Å². The first-order chi connectivity index (χ1) is 13.6. The highest BCUT2D eigenvalue weighted by atomic mass is 16.5. The highest BCUT2D eigenvalue weighted by Gasteiger charge is 2.06. The van der Waals surface area contributed by atoms with Crippen LogP contribution in [0.2, 0.25) is 0 Å². The van der Waals surface area contributed by atoms with E-state index in [0.717, 1.165) is 45.4 Å². The molecule has 4 nitrogen and oxygen atoms in total. The van der Waals surface area contributed by atoms with E-state index in [0.29, 0.717) is 0 Å². The summed E-state index contributed by atoms with van der Waals surface area (Å²) in [5, 5.41) is 0. The van der Waals surface area contributed by atoms with Crippen LogP contribution < -0.4 is 9.47 Å². The summed E-state index contributed by atoms with van der Waals surface area (Å²) in [6.07, 6.45) is 0. The molecule has 0 spiro atoms. The van der Waals surface area contributed by atoms with Gasteiger partial charge in [0, 0.05) is 11.4 Å². The lowest BCUT2D eigenvalue weighted by Crippen LogP contribution is -2.00. The van der Waals surface area contributed by atoms with E-state index in [1.165, 1.54) is 0 Å². The van der Waals surface area contributed by atoms with E-state index in [4.69, 9.17) is 19.5 Å². The van der Waals surface area contributed by atoms with Gasteiger partial charge in [-0.05, 0) is 55.3 Å². The van der Waals surface area contributed by atoms with Crippen molar-refractivity contribution in [1.29, 1.82) is 0 Å². The van der Waals surface area contributed by atoms with Gasteiger partial charge in [0.1, 0.15) is 22.9 Å². The minimum absolute atomic E-state index is 0.756. The van der Waals surface area contributed by atoms with Gasteiger partial charge in [-0.1, -0.05) is 42.5 Å². The lowest BCUT2D eigenvalue weighted by Gasteiger charge is -2.08. The monoisotopic (exact) mass is 372 g/mol. The van der Waals surface area contributed by atoms with Crippen LogP contribution in [0.1, 0.15) is 25.0 Å². The van der Waals surface area contributed by atoms with Crippen molar-refractivity contribution in [3.63, 3.8) is 0 Å². The molecule has 3 aromatic rings. The molecule has 0 saturated heterocycles. The van der Waals surface area contributed by atoms with E-state index in [-0.39, 0.29) is 0 Å². The molecule has 0 atom stereocenters. The predicted octanol–water partition coefficient (Wildman–Crippen LogP) is 5.99. The standard InChI is InChI=1S/C24H24N2O2/c1-17(25-21-12-5-7-14-23(21)27-3)19-10-9-11-20(16-19)18(2)26-22-13-6-8-15-24(22)28-4/h5-16H,1-4H3. The predicted molar refractivity (Wildman–Crippen MR) is 116 cm³/mol. The Kier molecular flexibility index (Phi) is 6.22. The topological polar surface area (TPSA) is 43.2 Å². The number of methoxy groups -OCH3 is 2. The molecule has 0 aromatic heterocycles. The molecule has 0 aliphatic heterocycles. The molecule has 3 rings (SSSR count). The number of hydrogen-bond donors (Lipinski definition) is 0. The zero-order valence-corrected chi connectivity index (χ0v) is 16.6. The van der Waals surface area contributed by atoms with Gasteiger partial charge in [0.25, 0.3) is 0 Å². The highest BCUT2D eigenvalue weighted by Crippen LogP contribution is 2.28. The molecule has 0 saturated carbocycles. The maximum absolute atomic E-state index is 5.39. The second-order valence-electron chi connectivity index (χ2n) is 6.32. The Bertz CT molecular complexity index is 944. The Labute approximate surface area is 166 Å². The maximum Gasteiger partial charge on any atom is 0.144 e. The fourth-order valence-corrected chi connectivity index (χ4v) is 2.90. The molecule has 0 bridgehead atoms. The number of benzene rings is 3. The molecule has 142 valence electrons. The number of rotatable bonds is 6. The van der Waals surface area contributed by atoms with Gasteiger partial charge in [-0.2, -0.15) is 0 Å². The van der Waals surface area contributed by atoms with Gasteiger partial charge >= 0.3 is 0 Å². The summed E-state index contributed by atoms with van der Waals surface area (Å²) in [5.41, 5.74) is 5.53. The van der Waals surface area contributed by atoms with Crippen LogP contribution in [-0.2, 0) is 0 Å². The fraction of sp³-hybridized carbons (Fsp3) is 0.167. The molecule has 0 unspecified atom stereocenters. The van der Waals surface area contributed by atoms with Gasteiger partial charge in [-0.25, -0.2) is 9.98 Å². The molecule has 0 aliphatic rings. The van der Waals surface area contributed by atoms with E-state index < -0.39 is 0 Å². The van der Waals surface area contributed by atoms with Crippen molar-refractivity contribution in [2.45, 2.75) is 13.8 Å². The van der Waals surface area contributed by atoms with E-state index in [1.54, 1.807) is 14.2 Å². The van der Waals surface area contributed by atoms with Crippen LogP contribution in [-0.4, -0.2) is 25.6 Å². The number of nitrogens with zero attached hydrogens (tertiary/aromatic N) is 2. The lowest BCUT2D eigenvalue weighted by molar-refractivity contribution is 0.416. The SMILES string of the molecule is COc1ccccc1N=C(C)c1cccc(C(C)=Nc2ccccc2OC)c1. The van der Waals surface area contributed by atoms with E-state index in [9.17, 15) is 0 Å². The van der Waals surface area contributed by atoms with Crippen molar-refractivity contribution in [2.75, 3.05) is 14.2 Å². The van der Waals surface area contributed by atoms with E-state index in [1.807, 2.05) is 80.6 Å². The fourth-order valence-electron chi connectivity index (χ4n) is 2.90. The van der Waals surface area contributed by atoms with Crippen molar-refractivity contribution in [1.82, 2.24) is 0 Å². The second kappa shape index (κ2) is 9.00.